The van der Waals surface area contributed by atoms with Gasteiger partial charge in [-0.1, -0.05) is 0 Å². The smallest absolute Gasteiger partial charge is 0.379 e. The molecule has 2 rings (SSSR count). The second kappa shape index (κ2) is 0.753. The molecule has 0 bridgehead atoms. The quantitative estimate of drug-likeness (QED) is 0.464. The maximum Gasteiger partial charge on any atom is 0.379 e. The van der Waals surface area contributed by atoms with Crippen LogP contribution in [0.5, 0.6) is 0 Å². The van der Waals surface area contributed by atoms with Gasteiger partial charge in [0, 0.05) is 6.07 Å². The lowest BCUT2D eigenvalue weighted by Crippen LogP contribution is -1.46. The summed E-state index contributed by atoms with van der Waals surface area (Å²) >= 11 is 0. The topological polar surface area (TPSA) is 39.4 Å². The van der Waals surface area contributed by atoms with Gasteiger partial charge < -0.3 is 4.42 Å². The van der Waals surface area contributed by atoms with Crippen molar-refractivity contribution >= 4 is 0 Å². The van der Waals surface area contributed by atoms with Crippen LogP contribution in [0.25, 0.3) is 0 Å². The molecule has 36 valence electrons. The monoisotopic (exact) mass is 98.0 g/mol. The minimum Gasteiger partial charge on any atom is -0.413 e. The summed E-state index contributed by atoms with van der Waals surface area (Å²) in [5.41, 5.74) is 1.26. The predicted octanol–water partition coefficient (Wildman–Crippen LogP) is 1.19. The van der Waals surface area contributed by atoms with Crippen LogP contribution in [0.4, 0.5) is 0 Å². The summed E-state index contributed by atoms with van der Waals surface area (Å²) in [6.07, 6.45) is 1.42. The minimum atomic E-state index is 0.488. The van der Waals surface area contributed by atoms with Gasteiger partial charge in [-0.05, 0) is 0 Å². The Labute approximate surface area is 38.1 Å². The van der Waals surface area contributed by atoms with Crippen molar-refractivity contribution in [1.82, 2.24) is 0 Å². The van der Waals surface area contributed by atoms with Crippen LogP contribution in [0.2, 0.25) is 0 Å². The average molecular weight is 98.1 g/mol. The standard InChI is InChI=1S/C4H2O3/c1-2-5-7-4-3(1)6-4/h1-2H. The summed E-state index contributed by atoms with van der Waals surface area (Å²) in [6, 6.07) is 1.69. The van der Waals surface area contributed by atoms with Crippen LogP contribution in [0, 0.1) is 11.0 Å². The van der Waals surface area contributed by atoms with E-state index in [1.807, 2.05) is 0 Å². The molecule has 0 saturated heterocycles. The molecule has 2 aliphatic heterocycles. The second-order valence-corrected chi connectivity index (χ2v) is 1.24. The summed E-state index contributed by atoms with van der Waals surface area (Å²) in [4.78, 5) is 0. The van der Waals surface area contributed by atoms with Gasteiger partial charge in [-0.25, -0.2) is 4.58 Å². The van der Waals surface area contributed by atoms with E-state index >= 15 is 0 Å². The highest BCUT2D eigenvalue weighted by Gasteiger charge is 2.00. The van der Waals surface area contributed by atoms with E-state index < -0.39 is 0 Å². The van der Waals surface area contributed by atoms with Crippen molar-refractivity contribution in [2.45, 2.75) is 0 Å². The molecular formula is C4H2O3. The van der Waals surface area contributed by atoms with Crippen LogP contribution in [-0.2, 0) is 0 Å². The third kappa shape index (κ3) is 0.287. The average Bonchev–Trinajstić information content (AvgIpc) is 2.41. The van der Waals surface area contributed by atoms with E-state index in [9.17, 15) is 0 Å². The molecule has 0 radical (unpaired) electrons. The molecule has 7 heavy (non-hydrogen) atoms. The van der Waals surface area contributed by atoms with Crippen LogP contribution >= 0.6 is 0 Å². The Morgan fingerprint density at radius 2 is 2.43 bits per heavy atom. The first kappa shape index (κ1) is 2.96. The molecule has 0 amide bonds. The number of rotatable bonds is 0. The van der Waals surface area contributed by atoms with E-state index in [4.69, 9.17) is 0 Å². The molecule has 3 heteroatoms. The highest BCUT2D eigenvalue weighted by atomic mass is 17.0. The van der Waals surface area contributed by atoms with Crippen molar-refractivity contribution in [3.63, 3.8) is 0 Å². The Morgan fingerprint density at radius 3 is 3.00 bits per heavy atom. The molecule has 0 atom stereocenters. The molecule has 2 heterocycles. The lowest BCUT2D eigenvalue weighted by atomic mass is 10.7. The molecule has 3 nitrogen and oxygen atoms in total. The molecule has 0 N–H and O–H groups in total. The Kier molecular flexibility index (Phi) is 0.318. The van der Waals surface area contributed by atoms with Gasteiger partial charge in [0.15, 0.2) is 0 Å². The fraction of sp³-hybridized carbons (Fsp3) is 0. The normalized spacial score (nSPS) is 10.9. The maximum absolute atomic E-state index is 4.68. The Balaban J connectivity index is 3.06. The molecule has 0 aromatic heterocycles. The Hall–Kier alpha value is -1.12. The zero-order chi connectivity index (χ0) is 4.69. The zero-order valence-corrected chi connectivity index (χ0v) is 3.38. The highest BCUT2D eigenvalue weighted by Crippen LogP contribution is 2.04. The highest BCUT2D eigenvalue weighted by molar-refractivity contribution is 4.82. The zero-order valence-electron chi connectivity index (χ0n) is 3.38. The third-order valence-electron chi connectivity index (χ3n) is 0.761. The fourth-order valence-corrected chi connectivity index (χ4v) is 0.396. The molecule has 2 aliphatic rings. The molecule has 0 aliphatic carbocycles. The Bertz CT molecular complexity index is 257. The van der Waals surface area contributed by atoms with Crippen LogP contribution in [-0.4, -0.2) is 0 Å². The van der Waals surface area contributed by atoms with Gasteiger partial charge in [0.2, 0.25) is 5.42 Å². The van der Waals surface area contributed by atoms with Gasteiger partial charge in [-0.2, -0.15) is 0 Å². The third-order valence-corrected chi connectivity index (χ3v) is 0.761. The fourth-order valence-electron chi connectivity index (χ4n) is 0.396. The maximum atomic E-state index is 4.68. The first-order valence-corrected chi connectivity index (χ1v) is 1.89. The molecule has 0 unspecified atom stereocenters. The van der Waals surface area contributed by atoms with E-state index in [-0.39, 0.29) is 0 Å². The van der Waals surface area contributed by atoms with Gasteiger partial charge in [-0.3, -0.25) is 4.58 Å². The molecule has 0 aromatic rings. The predicted molar refractivity (Wildman–Crippen MR) is 18.5 cm³/mol. The summed E-state index contributed by atoms with van der Waals surface area (Å²) in [6.45, 7) is 0. The van der Waals surface area contributed by atoms with Gasteiger partial charge >= 0.3 is 5.61 Å². The summed E-state index contributed by atoms with van der Waals surface area (Å²) < 4.78 is 13.5. The van der Waals surface area contributed by atoms with Crippen molar-refractivity contribution in [1.29, 1.82) is 0 Å². The number of hydrogen-bond acceptors (Lipinski definition) is 3. The van der Waals surface area contributed by atoms with Crippen LogP contribution in [0.15, 0.2) is 25.9 Å². The van der Waals surface area contributed by atoms with Crippen molar-refractivity contribution in [3.8, 4) is 0 Å². The largest absolute Gasteiger partial charge is 0.413 e. The SMILES string of the molecule is c1cc2oc=2oo1. The van der Waals surface area contributed by atoms with Gasteiger partial charge in [-0.15, -0.1) is 0 Å². The summed E-state index contributed by atoms with van der Waals surface area (Å²) in [5, 5.41) is 0. The summed E-state index contributed by atoms with van der Waals surface area (Å²) in [5.74, 6) is 0. The first-order chi connectivity index (χ1) is 3.47. The molecule has 0 aromatic carbocycles. The van der Waals surface area contributed by atoms with Crippen molar-refractivity contribution < 1.29 is 13.6 Å². The van der Waals surface area contributed by atoms with E-state index in [1.54, 1.807) is 6.07 Å². The summed E-state index contributed by atoms with van der Waals surface area (Å²) in [7, 11) is 0. The number of hydrogen-bond donors (Lipinski definition) is 0. The van der Waals surface area contributed by atoms with Crippen LogP contribution in [0.3, 0.4) is 0 Å². The van der Waals surface area contributed by atoms with Crippen molar-refractivity contribution in [2.75, 3.05) is 0 Å². The van der Waals surface area contributed by atoms with Crippen molar-refractivity contribution in [3.05, 3.63) is 23.4 Å². The molecule has 0 saturated carbocycles. The molecule has 0 spiro atoms. The van der Waals surface area contributed by atoms with Gasteiger partial charge in [0.1, 0.15) is 6.26 Å². The van der Waals surface area contributed by atoms with Crippen LogP contribution < -0.4 is 0 Å². The van der Waals surface area contributed by atoms with Gasteiger partial charge in [0.25, 0.3) is 0 Å². The van der Waals surface area contributed by atoms with E-state index in [2.05, 4.69) is 13.6 Å². The lowest BCUT2D eigenvalue weighted by Gasteiger charge is -1.63. The Morgan fingerprint density at radius 1 is 1.43 bits per heavy atom. The minimum absolute atomic E-state index is 0.488. The van der Waals surface area contributed by atoms with Gasteiger partial charge in [0.05, 0.1) is 0 Å². The van der Waals surface area contributed by atoms with E-state index in [1.165, 1.54) is 6.26 Å². The van der Waals surface area contributed by atoms with E-state index in [0.29, 0.717) is 5.61 Å². The molecule has 0 fully saturated rings. The van der Waals surface area contributed by atoms with Crippen molar-refractivity contribution in [2.24, 2.45) is 0 Å². The molecular weight excluding hydrogens is 96.0 g/mol. The van der Waals surface area contributed by atoms with Crippen LogP contribution in [0.1, 0.15) is 0 Å². The van der Waals surface area contributed by atoms with E-state index in [0.717, 1.165) is 5.42 Å². The lowest BCUT2D eigenvalue weighted by molar-refractivity contribution is 0.0268. The first-order valence-electron chi connectivity index (χ1n) is 1.89. The second-order valence-electron chi connectivity index (χ2n) is 1.24.